The lowest BCUT2D eigenvalue weighted by Crippen LogP contribution is -2.44. The zero-order valence-corrected chi connectivity index (χ0v) is 12.8. The number of hydrogen-bond donors (Lipinski definition) is 1. The zero-order valence-electron chi connectivity index (χ0n) is 12.8. The first-order valence-corrected chi connectivity index (χ1v) is 7.12. The fourth-order valence-corrected chi connectivity index (χ4v) is 2.59. The molecule has 19 heavy (non-hydrogen) atoms. The molecule has 1 aliphatic rings. The summed E-state index contributed by atoms with van der Waals surface area (Å²) >= 11 is 0. The molecule has 0 heterocycles. The lowest BCUT2D eigenvalue weighted by Gasteiger charge is -2.30. The van der Waals surface area contributed by atoms with Crippen molar-refractivity contribution in [2.24, 2.45) is 10.8 Å². The summed E-state index contributed by atoms with van der Waals surface area (Å²) in [6, 6.07) is 0. The highest BCUT2D eigenvalue weighted by atomic mass is 16.6. The quantitative estimate of drug-likeness (QED) is 0.852. The number of alkyl carbamates (subject to hydrolysis) is 1. The van der Waals surface area contributed by atoms with Crippen LogP contribution in [0, 0.1) is 10.8 Å². The number of ether oxygens (including phenoxy) is 1. The summed E-state index contributed by atoms with van der Waals surface area (Å²) in [4.78, 5) is 23.9. The molecule has 0 aromatic heterocycles. The third kappa shape index (κ3) is 4.84. The summed E-state index contributed by atoms with van der Waals surface area (Å²) in [5.41, 5.74) is -0.979. The van der Waals surface area contributed by atoms with E-state index in [1.165, 1.54) is 0 Å². The van der Waals surface area contributed by atoms with Crippen molar-refractivity contribution in [3.05, 3.63) is 0 Å². The monoisotopic (exact) mass is 269 g/mol. The fraction of sp³-hybridized carbons (Fsp3) is 0.867. The van der Waals surface area contributed by atoms with Crippen molar-refractivity contribution in [2.75, 3.05) is 6.54 Å². The molecule has 0 spiro atoms. The van der Waals surface area contributed by atoms with Crippen LogP contribution < -0.4 is 5.32 Å². The van der Waals surface area contributed by atoms with Gasteiger partial charge in [-0.15, -0.1) is 0 Å². The van der Waals surface area contributed by atoms with E-state index in [2.05, 4.69) is 5.32 Å². The molecule has 0 atom stereocenters. The van der Waals surface area contributed by atoms with Gasteiger partial charge in [-0.25, -0.2) is 4.79 Å². The number of rotatable bonds is 4. The van der Waals surface area contributed by atoms with Crippen molar-refractivity contribution in [3.63, 3.8) is 0 Å². The summed E-state index contributed by atoms with van der Waals surface area (Å²) in [7, 11) is 0. The molecular weight excluding hydrogens is 242 g/mol. The number of amides is 1. The van der Waals surface area contributed by atoms with Gasteiger partial charge in [-0.1, -0.05) is 34.6 Å². The molecule has 1 saturated carbocycles. The van der Waals surface area contributed by atoms with Gasteiger partial charge in [0.05, 0.1) is 0 Å². The van der Waals surface area contributed by atoms with E-state index in [0.717, 1.165) is 25.7 Å². The van der Waals surface area contributed by atoms with E-state index in [1.807, 2.05) is 34.6 Å². The van der Waals surface area contributed by atoms with Gasteiger partial charge in [0.2, 0.25) is 0 Å². The Bertz CT molecular complexity index is 336. The summed E-state index contributed by atoms with van der Waals surface area (Å²) in [5.74, 6) is 0.140. The topological polar surface area (TPSA) is 55.4 Å². The average molecular weight is 269 g/mol. The van der Waals surface area contributed by atoms with Crippen molar-refractivity contribution in [2.45, 2.75) is 66.4 Å². The van der Waals surface area contributed by atoms with E-state index in [1.54, 1.807) is 0 Å². The Hall–Kier alpha value is -1.06. The van der Waals surface area contributed by atoms with Crippen LogP contribution in [0.5, 0.6) is 0 Å². The third-order valence-corrected chi connectivity index (χ3v) is 3.55. The highest BCUT2D eigenvalue weighted by Crippen LogP contribution is 2.28. The number of ketones is 1. The maximum absolute atomic E-state index is 12.3. The van der Waals surface area contributed by atoms with Crippen molar-refractivity contribution < 1.29 is 14.3 Å². The van der Waals surface area contributed by atoms with E-state index >= 15 is 0 Å². The number of nitrogens with one attached hydrogen (secondary N) is 1. The predicted octanol–water partition coefficient (Wildman–Crippen LogP) is 3.30. The second-order valence-electron chi connectivity index (χ2n) is 7.13. The molecule has 0 saturated heterocycles. The Kier molecular flexibility index (Phi) is 4.99. The van der Waals surface area contributed by atoms with E-state index < -0.39 is 16.9 Å². The van der Waals surface area contributed by atoms with Crippen molar-refractivity contribution in [1.29, 1.82) is 0 Å². The predicted molar refractivity (Wildman–Crippen MR) is 75.0 cm³/mol. The van der Waals surface area contributed by atoms with Gasteiger partial charge in [-0.2, -0.15) is 0 Å². The lowest BCUT2D eigenvalue weighted by molar-refractivity contribution is -0.134. The summed E-state index contributed by atoms with van der Waals surface area (Å²) < 4.78 is 5.31. The van der Waals surface area contributed by atoms with Crippen LogP contribution in [0.1, 0.15) is 60.3 Å². The average Bonchev–Trinajstić information content (AvgIpc) is 2.77. The number of carbonyl (C=O) groups excluding carboxylic acids is 2. The minimum atomic E-state index is -0.576. The number of Topliss-reactive ketones (excluding diaryl/α,β-unsaturated/α-hetero) is 1. The Morgan fingerprint density at radius 3 is 2.11 bits per heavy atom. The number of carbonyl (C=O) groups is 2. The Morgan fingerprint density at radius 1 is 1.11 bits per heavy atom. The summed E-state index contributed by atoms with van der Waals surface area (Å²) in [6.45, 7) is 9.72. The van der Waals surface area contributed by atoms with Crippen LogP contribution in [0.15, 0.2) is 0 Å². The number of hydrogen-bond acceptors (Lipinski definition) is 3. The molecule has 4 nitrogen and oxygen atoms in total. The molecule has 1 rings (SSSR count). The SMILES string of the molecule is CC(C)(C)C(=O)C(C)(C)CNC(=O)OC1CCCC1. The van der Waals surface area contributed by atoms with Crippen molar-refractivity contribution in [1.82, 2.24) is 5.32 Å². The van der Waals surface area contributed by atoms with Gasteiger partial charge in [0, 0.05) is 17.4 Å². The van der Waals surface area contributed by atoms with Crippen molar-refractivity contribution >= 4 is 11.9 Å². The first kappa shape index (κ1) is 16.0. The van der Waals surface area contributed by atoms with Crippen LogP contribution in [0.4, 0.5) is 4.79 Å². The van der Waals surface area contributed by atoms with Crippen LogP contribution in [-0.2, 0) is 9.53 Å². The molecule has 0 aromatic rings. The van der Waals surface area contributed by atoms with E-state index in [0.29, 0.717) is 6.54 Å². The summed E-state index contributed by atoms with van der Waals surface area (Å²) in [5, 5.41) is 2.72. The fourth-order valence-electron chi connectivity index (χ4n) is 2.59. The van der Waals surface area contributed by atoms with Gasteiger partial charge in [0.1, 0.15) is 11.9 Å². The highest BCUT2D eigenvalue weighted by Gasteiger charge is 2.36. The first-order valence-electron chi connectivity index (χ1n) is 7.12. The van der Waals surface area contributed by atoms with Crippen LogP contribution in [-0.4, -0.2) is 24.5 Å². The molecule has 110 valence electrons. The molecule has 1 N–H and O–H groups in total. The van der Waals surface area contributed by atoms with E-state index in [9.17, 15) is 9.59 Å². The van der Waals surface area contributed by atoms with Crippen LogP contribution in [0.3, 0.4) is 0 Å². The normalized spacial score (nSPS) is 17.3. The van der Waals surface area contributed by atoms with Crippen molar-refractivity contribution in [3.8, 4) is 0 Å². The van der Waals surface area contributed by atoms with Gasteiger partial charge in [0.25, 0.3) is 0 Å². The molecule has 0 unspecified atom stereocenters. The maximum atomic E-state index is 12.3. The van der Waals surface area contributed by atoms with Crippen LogP contribution in [0.2, 0.25) is 0 Å². The highest BCUT2D eigenvalue weighted by molar-refractivity contribution is 5.89. The molecular formula is C15H27NO3. The molecule has 1 fully saturated rings. The Balaban J connectivity index is 2.41. The largest absolute Gasteiger partial charge is 0.446 e. The molecule has 4 heteroatoms. The lowest BCUT2D eigenvalue weighted by atomic mass is 9.75. The van der Waals surface area contributed by atoms with Gasteiger partial charge in [0.15, 0.2) is 0 Å². The molecule has 0 radical (unpaired) electrons. The van der Waals surface area contributed by atoms with Gasteiger partial charge >= 0.3 is 6.09 Å². The smallest absolute Gasteiger partial charge is 0.407 e. The van der Waals surface area contributed by atoms with Crippen LogP contribution in [0.25, 0.3) is 0 Å². The Morgan fingerprint density at radius 2 is 1.63 bits per heavy atom. The first-order chi connectivity index (χ1) is 8.63. The minimum Gasteiger partial charge on any atom is -0.446 e. The third-order valence-electron chi connectivity index (χ3n) is 3.55. The standard InChI is InChI=1S/C15H27NO3/c1-14(2,3)12(17)15(4,5)10-16-13(18)19-11-8-6-7-9-11/h11H,6-10H2,1-5H3,(H,16,18). The van der Waals surface area contributed by atoms with Crippen LogP contribution >= 0.6 is 0 Å². The van der Waals surface area contributed by atoms with E-state index in [4.69, 9.17) is 4.74 Å². The van der Waals surface area contributed by atoms with Gasteiger partial charge in [-0.05, 0) is 25.7 Å². The second kappa shape index (κ2) is 5.93. The molecule has 1 aliphatic carbocycles. The zero-order chi connectivity index (χ0) is 14.7. The minimum absolute atomic E-state index is 0.0569. The molecule has 0 bridgehead atoms. The van der Waals surface area contributed by atoms with Gasteiger partial charge < -0.3 is 10.1 Å². The Labute approximate surface area is 116 Å². The van der Waals surface area contributed by atoms with Gasteiger partial charge in [-0.3, -0.25) is 4.79 Å². The van der Waals surface area contributed by atoms with E-state index in [-0.39, 0.29) is 11.9 Å². The maximum Gasteiger partial charge on any atom is 0.407 e. The second-order valence-corrected chi connectivity index (χ2v) is 7.13. The summed E-state index contributed by atoms with van der Waals surface area (Å²) in [6.07, 6.45) is 3.83. The molecule has 0 aromatic carbocycles. The molecule has 1 amide bonds. The molecule has 0 aliphatic heterocycles.